The highest BCUT2D eigenvalue weighted by Crippen LogP contribution is 2.37. The molecular weight excluding hydrogens is 307 g/mol. The summed E-state index contributed by atoms with van der Waals surface area (Å²) in [5, 5.41) is 11.7. The highest BCUT2D eigenvalue weighted by atomic mass is 35.5. The Hall–Kier alpha value is -0.930. The van der Waals surface area contributed by atoms with Gasteiger partial charge in [0.05, 0.1) is 22.2 Å². The van der Waals surface area contributed by atoms with Gasteiger partial charge in [0.25, 0.3) is 0 Å². The van der Waals surface area contributed by atoms with Crippen LogP contribution in [-0.4, -0.2) is 12.2 Å². The van der Waals surface area contributed by atoms with Gasteiger partial charge in [-0.05, 0) is 29.8 Å². The van der Waals surface area contributed by atoms with Crippen molar-refractivity contribution in [2.24, 2.45) is 0 Å². The average molecular weight is 318 g/mol. The standard InChI is InChI=1S/C14H11Cl3O2/c1-19-12-4-2-3-10(16)13(12)14(18)8-5-6-9(15)11(17)7-8/h2-7,14,18H,1H3. The summed E-state index contributed by atoms with van der Waals surface area (Å²) < 4.78 is 5.22. The largest absolute Gasteiger partial charge is 0.496 e. The predicted octanol–water partition coefficient (Wildman–Crippen LogP) is 4.74. The molecule has 0 aliphatic rings. The molecule has 0 aliphatic carbocycles. The monoisotopic (exact) mass is 316 g/mol. The first-order valence-corrected chi connectivity index (χ1v) is 6.63. The third-order valence-corrected chi connectivity index (χ3v) is 3.83. The molecule has 0 bridgehead atoms. The van der Waals surface area contributed by atoms with Crippen molar-refractivity contribution in [3.63, 3.8) is 0 Å². The maximum Gasteiger partial charge on any atom is 0.126 e. The van der Waals surface area contributed by atoms with E-state index in [9.17, 15) is 5.11 Å². The van der Waals surface area contributed by atoms with Crippen LogP contribution in [0, 0.1) is 0 Å². The number of ether oxygens (including phenoxy) is 1. The lowest BCUT2D eigenvalue weighted by Crippen LogP contribution is -2.03. The van der Waals surface area contributed by atoms with Crippen LogP contribution in [0.5, 0.6) is 5.75 Å². The lowest BCUT2D eigenvalue weighted by molar-refractivity contribution is 0.215. The fourth-order valence-electron chi connectivity index (χ4n) is 1.81. The molecule has 2 aromatic carbocycles. The first kappa shape index (κ1) is 14.5. The van der Waals surface area contributed by atoms with Crippen molar-refractivity contribution in [2.75, 3.05) is 7.11 Å². The topological polar surface area (TPSA) is 29.5 Å². The zero-order valence-electron chi connectivity index (χ0n) is 10.0. The van der Waals surface area contributed by atoms with Crippen LogP contribution in [0.1, 0.15) is 17.2 Å². The first-order chi connectivity index (χ1) is 9.04. The number of methoxy groups -OCH3 is 1. The van der Waals surface area contributed by atoms with Gasteiger partial charge in [0.15, 0.2) is 0 Å². The van der Waals surface area contributed by atoms with E-state index in [0.717, 1.165) is 0 Å². The van der Waals surface area contributed by atoms with Gasteiger partial charge in [-0.15, -0.1) is 0 Å². The molecular formula is C14H11Cl3O2. The summed E-state index contributed by atoms with van der Waals surface area (Å²) in [5.41, 5.74) is 1.10. The van der Waals surface area contributed by atoms with Crippen molar-refractivity contribution in [2.45, 2.75) is 6.10 Å². The summed E-state index contributed by atoms with van der Waals surface area (Å²) >= 11 is 17.9. The van der Waals surface area contributed by atoms with Crippen LogP contribution < -0.4 is 4.74 Å². The second kappa shape index (κ2) is 6.02. The van der Waals surface area contributed by atoms with E-state index in [1.807, 2.05) is 0 Å². The quantitative estimate of drug-likeness (QED) is 0.886. The minimum Gasteiger partial charge on any atom is -0.496 e. The van der Waals surface area contributed by atoms with Gasteiger partial charge in [-0.3, -0.25) is 0 Å². The van der Waals surface area contributed by atoms with Gasteiger partial charge in [-0.25, -0.2) is 0 Å². The van der Waals surface area contributed by atoms with Crippen LogP contribution in [0.2, 0.25) is 15.1 Å². The van der Waals surface area contributed by atoms with Crippen molar-refractivity contribution in [1.82, 2.24) is 0 Å². The summed E-state index contributed by atoms with van der Waals surface area (Å²) in [6.07, 6.45) is -0.932. The van der Waals surface area contributed by atoms with Crippen molar-refractivity contribution in [3.8, 4) is 5.75 Å². The lowest BCUT2D eigenvalue weighted by Gasteiger charge is -2.17. The van der Waals surface area contributed by atoms with E-state index in [0.29, 0.717) is 31.9 Å². The maximum atomic E-state index is 10.4. The summed E-state index contributed by atoms with van der Waals surface area (Å²) in [5.74, 6) is 0.520. The fourth-order valence-corrected chi connectivity index (χ4v) is 2.39. The van der Waals surface area contributed by atoms with Crippen molar-refractivity contribution >= 4 is 34.8 Å². The Morgan fingerprint density at radius 1 is 1.00 bits per heavy atom. The summed E-state index contributed by atoms with van der Waals surface area (Å²) in [6, 6.07) is 10.1. The molecule has 2 rings (SSSR count). The molecule has 0 heterocycles. The Kier molecular flexibility index (Phi) is 4.58. The maximum absolute atomic E-state index is 10.4. The molecule has 1 unspecified atom stereocenters. The normalized spacial score (nSPS) is 12.3. The molecule has 1 atom stereocenters. The minimum absolute atomic E-state index is 0.379. The molecule has 100 valence electrons. The second-order valence-electron chi connectivity index (χ2n) is 3.93. The number of halogens is 3. The molecule has 0 fully saturated rings. The van der Waals surface area contributed by atoms with Crippen molar-refractivity contribution in [3.05, 3.63) is 62.6 Å². The third kappa shape index (κ3) is 2.98. The van der Waals surface area contributed by atoms with E-state index in [4.69, 9.17) is 39.5 Å². The second-order valence-corrected chi connectivity index (χ2v) is 5.15. The fraction of sp³-hybridized carbons (Fsp3) is 0.143. The highest BCUT2D eigenvalue weighted by molar-refractivity contribution is 6.42. The van der Waals surface area contributed by atoms with Gasteiger partial charge >= 0.3 is 0 Å². The molecule has 2 aromatic rings. The van der Waals surface area contributed by atoms with Gasteiger partial charge in [0, 0.05) is 5.56 Å². The van der Waals surface area contributed by atoms with Gasteiger partial charge in [-0.2, -0.15) is 0 Å². The van der Waals surface area contributed by atoms with Crippen LogP contribution in [0.3, 0.4) is 0 Å². The number of hydrogen-bond donors (Lipinski definition) is 1. The Morgan fingerprint density at radius 3 is 2.37 bits per heavy atom. The van der Waals surface area contributed by atoms with E-state index in [1.165, 1.54) is 7.11 Å². The highest BCUT2D eigenvalue weighted by Gasteiger charge is 2.19. The summed E-state index contributed by atoms with van der Waals surface area (Å²) in [4.78, 5) is 0. The predicted molar refractivity (Wildman–Crippen MR) is 78.5 cm³/mol. The zero-order chi connectivity index (χ0) is 14.0. The lowest BCUT2D eigenvalue weighted by atomic mass is 10.0. The molecule has 0 spiro atoms. The van der Waals surface area contributed by atoms with Crippen molar-refractivity contribution < 1.29 is 9.84 Å². The van der Waals surface area contributed by atoms with E-state index in [2.05, 4.69) is 0 Å². The molecule has 0 radical (unpaired) electrons. The zero-order valence-corrected chi connectivity index (χ0v) is 12.3. The number of aliphatic hydroxyl groups is 1. The molecule has 0 amide bonds. The number of hydrogen-bond acceptors (Lipinski definition) is 2. The molecule has 0 aliphatic heterocycles. The van der Waals surface area contributed by atoms with Crippen LogP contribution in [0.25, 0.3) is 0 Å². The first-order valence-electron chi connectivity index (χ1n) is 5.50. The summed E-state index contributed by atoms with van der Waals surface area (Å²) in [7, 11) is 1.52. The Balaban J connectivity index is 2.49. The molecule has 0 saturated carbocycles. The molecule has 5 heteroatoms. The Morgan fingerprint density at radius 2 is 1.74 bits per heavy atom. The molecule has 19 heavy (non-hydrogen) atoms. The number of benzene rings is 2. The van der Waals surface area contributed by atoms with Crippen LogP contribution >= 0.6 is 34.8 Å². The smallest absolute Gasteiger partial charge is 0.126 e. The number of rotatable bonds is 3. The van der Waals surface area contributed by atoms with Gasteiger partial charge in [0.2, 0.25) is 0 Å². The van der Waals surface area contributed by atoms with Crippen molar-refractivity contribution in [1.29, 1.82) is 0 Å². The molecule has 0 saturated heterocycles. The number of aliphatic hydroxyl groups excluding tert-OH is 1. The van der Waals surface area contributed by atoms with Gasteiger partial charge < -0.3 is 9.84 Å². The van der Waals surface area contributed by atoms with Gasteiger partial charge in [-0.1, -0.05) is 46.9 Å². The van der Waals surface area contributed by atoms with Crippen LogP contribution in [-0.2, 0) is 0 Å². The Bertz CT molecular complexity index is 599. The van der Waals surface area contributed by atoms with E-state index in [1.54, 1.807) is 36.4 Å². The van der Waals surface area contributed by atoms with E-state index >= 15 is 0 Å². The third-order valence-electron chi connectivity index (χ3n) is 2.77. The van der Waals surface area contributed by atoms with E-state index < -0.39 is 6.10 Å². The molecule has 0 aromatic heterocycles. The van der Waals surface area contributed by atoms with Gasteiger partial charge in [0.1, 0.15) is 11.9 Å². The SMILES string of the molecule is COc1cccc(Cl)c1C(O)c1ccc(Cl)c(Cl)c1. The Labute approximate surface area is 126 Å². The molecule has 2 nitrogen and oxygen atoms in total. The molecule has 1 N–H and O–H groups in total. The van der Waals surface area contributed by atoms with Crippen LogP contribution in [0.4, 0.5) is 0 Å². The average Bonchev–Trinajstić information content (AvgIpc) is 2.40. The van der Waals surface area contributed by atoms with E-state index in [-0.39, 0.29) is 0 Å². The minimum atomic E-state index is -0.932. The summed E-state index contributed by atoms with van der Waals surface area (Å²) in [6.45, 7) is 0. The van der Waals surface area contributed by atoms with Crippen LogP contribution in [0.15, 0.2) is 36.4 Å².